The second-order valence-electron chi connectivity index (χ2n) is 16.4. The molecular weight excluding hydrogens is 687 g/mol. The number of benzene rings is 2. The third-order valence-corrected chi connectivity index (χ3v) is 14.9. The monoisotopic (exact) mass is 743 g/mol. The summed E-state index contributed by atoms with van der Waals surface area (Å²) in [4.78, 5) is 2.06. The van der Waals surface area contributed by atoms with Gasteiger partial charge in [-0.25, -0.2) is 21.6 Å². The van der Waals surface area contributed by atoms with Crippen LogP contribution in [-0.4, -0.2) is 87.1 Å². The Labute approximate surface area is 305 Å². The van der Waals surface area contributed by atoms with Gasteiger partial charge in [0.05, 0.1) is 9.79 Å². The molecule has 0 unspecified atom stereocenters. The molecule has 282 valence electrons. The zero-order chi connectivity index (χ0) is 37.3. The first-order valence-corrected chi connectivity index (χ1v) is 21.3. The second-order valence-corrected chi connectivity index (χ2v) is 20.0. The van der Waals surface area contributed by atoms with Gasteiger partial charge in [0.2, 0.25) is 20.0 Å². The van der Waals surface area contributed by atoms with E-state index in [1.165, 1.54) is 30.3 Å². The first-order chi connectivity index (χ1) is 24.0. The highest BCUT2D eigenvalue weighted by Crippen LogP contribution is 2.41. The van der Waals surface area contributed by atoms with Crippen molar-refractivity contribution < 1.29 is 27.3 Å². The van der Waals surface area contributed by atoms with E-state index in [1.807, 2.05) is 19.0 Å². The Balaban J connectivity index is 1.47. The summed E-state index contributed by atoms with van der Waals surface area (Å²) in [6.07, 6.45) is 7.54. The van der Waals surface area contributed by atoms with Gasteiger partial charge in [0.1, 0.15) is 11.4 Å². The van der Waals surface area contributed by atoms with Gasteiger partial charge in [-0.2, -0.15) is 4.31 Å². The predicted octanol–water partition coefficient (Wildman–Crippen LogP) is 6.49. The highest BCUT2D eigenvalue weighted by molar-refractivity contribution is 7.89. The van der Waals surface area contributed by atoms with Crippen LogP contribution in [0.15, 0.2) is 56.5 Å². The van der Waals surface area contributed by atoms with Gasteiger partial charge in [-0.15, -0.1) is 0 Å². The Kier molecular flexibility index (Phi) is 12.1. The van der Waals surface area contributed by atoms with Crippen LogP contribution in [0.25, 0.3) is 0 Å². The van der Waals surface area contributed by atoms with Crippen molar-refractivity contribution in [3.8, 4) is 0 Å². The fourth-order valence-electron chi connectivity index (χ4n) is 8.28. The summed E-state index contributed by atoms with van der Waals surface area (Å²) >= 11 is 0. The molecule has 3 aliphatic rings. The molecule has 0 aliphatic heterocycles. The van der Waals surface area contributed by atoms with Gasteiger partial charge in [0, 0.05) is 40.9 Å². The molecule has 0 radical (unpaired) electrons. The fraction of sp³-hybridized carbons (Fsp3) is 0.632. The molecule has 2 aromatic carbocycles. The molecule has 2 aromatic rings. The van der Waals surface area contributed by atoms with Gasteiger partial charge < -0.3 is 15.3 Å². The number of oxime groups is 2. The summed E-state index contributed by atoms with van der Waals surface area (Å²) in [5, 5.41) is 27.7. The van der Waals surface area contributed by atoms with Crippen molar-refractivity contribution >= 4 is 31.5 Å². The van der Waals surface area contributed by atoms with Crippen LogP contribution in [0.2, 0.25) is 0 Å². The second kappa shape index (κ2) is 15.6. The van der Waals surface area contributed by atoms with E-state index in [4.69, 9.17) is 0 Å². The lowest BCUT2D eigenvalue weighted by molar-refractivity contribution is 0.133. The molecule has 0 heterocycles. The van der Waals surface area contributed by atoms with Gasteiger partial charge in [0.15, 0.2) is 0 Å². The van der Waals surface area contributed by atoms with Crippen molar-refractivity contribution in [3.05, 3.63) is 58.7 Å². The highest BCUT2D eigenvalue weighted by atomic mass is 32.2. The molecule has 0 aromatic heterocycles. The average Bonchev–Trinajstić information content (AvgIpc) is 3.08. The third-order valence-electron chi connectivity index (χ3n) is 11.5. The molecule has 0 bridgehead atoms. The standard InChI is InChI=1S/C38H57N5O6S2/c1-25(2)26-9-13-28(14-10-26)41-50(46,47)30-17-19-32-34(23-30)37(40-45)35-24-31(18-20-33(35)36(32)39-44)51(48,49)43(22-8-21-42(6)7)29-15-11-27(12-16-29)38(3,4)5/h17-20,23-29,41,44-45H,8-16,21-22H2,1-7H3/b39-36-,40-37+. The average molecular weight is 744 g/mol. The van der Waals surface area contributed by atoms with Crippen molar-refractivity contribution in [1.29, 1.82) is 0 Å². The molecule has 11 nitrogen and oxygen atoms in total. The summed E-state index contributed by atoms with van der Waals surface area (Å²) < 4.78 is 60.8. The number of hydrogen-bond acceptors (Lipinski definition) is 9. The first-order valence-electron chi connectivity index (χ1n) is 18.4. The van der Waals surface area contributed by atoms with Gasteiger partial charge in [-0.3, -0.25) is 0 Å². The zero-order valence-electron chi connectivity index (χ0n) is 31.3. The zero-order valence-corrected chi connectivity index (χ0v) is 32.9. The summed E-state index contributed by atoms with van der Waals surface area (Å²) in [5.74, 6) is 1.66. The van der Waals surface area contributed by atoms with Gasteiger partial charge in [0.25, 0.3) is 0 Å². The third kappa shape index (κ3) is 8.53. The quantitative estimate of drug-likeness (QED) is 0.150. The van der Waals surface area contributed by atoms with Crippen molar-refractivity contribution in [1.82, 2.24) is 13.9 Å². The Hall–Kier alpha value is -2.84. The van der Waals surface area contributed by atoms with Crippen molar-refractivity contribution in [2.75, 3.05) is 27.2 Å². The van der Waals surface area contributed by atoms with E-state index in [0.717, 1.165) is 57.9 Å². The molecule has 51 heavy (non-hydrogen) atoms. The van der Waals surface area contributed by atoms with E-state index in [1.54, 1.807) is 10.4 Å². The fourth-order valence-corrected chi connectivity index (χ4v) is 11.4. The lowest BCUT2D eigenvalue weighted by Gasteiger charge is -2.40. The maximum atomic E-state index is 14.5. The lowest BCUT2D eigenvalue weighted by Crippen LogP contribution is -2.44. The van der Waals surface area contributed by atoms with Gasteiger partial charge in [-0.05, 0) is 126 Å². The van der Waals surface area contributed by atoms with E-state index in [-0.39, 0.29) is 49.8 Å². The molecule has 2 fully saturated rings. The van der Waals surface area contributed by atoms with Crippen LogP contribution < -0.4 is 4.72 Å². The van der Waals surface area contributed by atoms with Crippen LogP contribution >= 0.6 is 0 Å². The van der Waals surface area contributed by atoms with E-state index < -0.39 is 20.0 Å². The SMILES string of the molecule is CC(C)C1CCC(NS(=O)(=O)c2ccc3c(c2)/C(=N\O)c2cc(S(=O)(=O)N(CCCN(C)C)C4CCC(C(C)(C)C)CC4)ccc2/C3=N\O)CC1. The molecule has 5 rings (SSSR count). The predicted molar refractivity (Wildman–Crippen MR) is 201 cm³/mol. The number of fused-ring (bicyclic) bond motifs is 2. The summed E-state index contributed by atoms with van der Waals surface area (Å²) in [7, 11) is -4.01. The number of hydrogen-bond donors (Lipinski definition) is 3. The molecule has 0 saturated heterocycles. The van der Waals surface area contributed by atoms with Crippen molar-refractivity contribution in [2.24, 2.45) is 33.5 Å². The Bertz CT molecular complexity index is 1830. The Morgan fingerprint density at radius 1 is 0.765 bits per heavy atom. The maximum absolute atomic E-state index is 14.5. The molecule has 2 saturated carbocycles. The molecule has 3 N–H and O–H groups in total. The summed E-state index contributed by atoms with van der Waals surface area (Å²) in [6, 6.07) is 8.60. The van der Waals surface area contributed by atoms with E-state index in [2.05, 4.69) is 49.7 Å². The smallest absolute Gasteiger partial charge is 0.243 e. The van der Waals surface area contributed by atoms with Crippen LogP contribution in [0.4, 0.5) is 0 Å². The number of nitrogens with one attached hydrogen (secondary N) is 1. The molecule has 0 atom stereocenters. The first kappa shape index (κ1) is 39.4. The summed E-state index contributed by atoms with van der Waals surface area (Å²) in [6.45, 7) is 12.2. The van der Waals surface area contributed by atoms with E-state index in [9.17, 15) is 27.3 Å². The summed E-state index contributed by atoms with van der Waals surface area (Å²) in [5.41, 5.74) is 1.48. The van der Waals surface area contributed by atoms with Gasteiger partial charge in [-0.1, -0.05) is 57.1 Å². The minimum absolute atomic E-state index is 0.00350. The Morgan fingerprint density at radius 3 is 1.80 bits per heavy atom. The minimum Gasteiger partial charge on any atom is -0.410 e. The lowest BCUT2D eigenvalue weighted by atomic mass is 9.71. The molecule has 0 spiro atoms. The van der Waals surface area contributed by atoms with Gasteiger partial charge >= 0.3 is 0 Å². The van der Waals surface area contributed by atoms with Crippen LogP contribution in [0.3, 0.4) is 0 Å². The van der Waals surface area contributed by atoms with E-state index in [0.29, 0.717) is 41.8 Å². The maximum Gasteiger partial charge on any atom is 0.243 e. The molecule has 0 amide bonds. The topological polar surface area (TPSA) is 152 Å². The number of sulfonamides is 2. The minimum atomic E-state index is -4.01. The van der Waals surface area contributed by atoms with Crippen LogP contribution in [-0.2, 0) is 20.0 Å². The Morgan fingerprint density at radius 2 is 1.29 bits per heavy atom. The number of rotatable bonds is 11. The highest BCUT2D eigenvalue weighted by Gasteiger charge is 2.38. The molecular formula is C38H57N5O6S2. The largest absolute Gasteiger partial charge is 0.410 e. The van der Waals surface area contributed by atoms with Crippen LogP contribution in [0, 0.1) is 23.2 Å². The molecule has 13 heteroatoms. The normalized spacial score (nSPS) is 24.7. The van der Waals surface area contributed by atoms with E-state index >= 15 is 0 Å². The van der Waals surface area contributed by atoms with Crippen LogP contribution in [0.5, 0.6) is 0 Å². The van der Waals surface area contributed by atoms with Crippen LogP contribution in [0.1, 0.15) is 115 Å². The molecule has 3 aliphatic carbocycles. The van der Waals surface area contributed by atoms with Crippen molar-refractivity contribution in [2.45, 2.75) is 114 Å². The van der Waals surface area contributed by atoms with Crippen molar-refractivity contribution in [3.63, 3.8) is 0 Å². The number of nitrogens with zero attached hydrogens (tertiary/aromatic N) is 4.